The number of anilines is 1. The minimum atomic E-state index is -0.243. The van der Waals surface area contributed by atoms with Gasteiger partial charge in [0.1, 0.15) is 17.6 Å². The smallest absolute Gasteiger partial charge is 0.234 e. The lowest BCUT2D eigenvalue weighted by molar-refractivity contribution is -0.113. The van der Waals surface area contributed by atoms with Crippen LogP contribution in [0.4, 0.5) is 5.69 Å². The Bertz CT molecular complexity index is 1310. The number of ether oxygens (including phenoxy) is 1. The molecule has 1 amide bonds. The summed E-state index contributed by atoms with van der Waals surface area (Å²) in [6, 6.07) is 17.9. The molecule has 166 valence electrons. The first-order valence-corrected chi connectivity index (χ1v) is 11.2. The summed E-state index contributed by atoms with van der Waals surface area (Å²) in [5.41, 5.74) is 1.64. The molecule has 10 heteroatoms. The van der Waals surface area contributed by atoms with Gasteiger partial charge >= 0.3 is 0 Å². The lowest BCUT2D eigenvalue weighted by atomic mass is 10.2. The van der Waals surface area contributed by atoms with Crippen molar-refractivity contribution < 1.29 is 13.9 Å². The van der Waals surface area contributed by atoms with E-state index in [1.165, 1.54) is 11.8 Å². The van der Waals surface area contributed by atoms with Crippen molar-refractivity contribution in [2.45, 2.75) is 11.7 Å². The van der Waals surface area contributed by atoms with Gasteiger partial charge in [0.15, 0.2) is 11.0 Å². The largest absolute Gasteiger partial charge is 0.496 e. The van der Waals surface area contributed by atoms with Crippen molar-refractivity contribution >= 4 is 35.0 Å². The molecule has 0 saturated carbocycles. The lowest BCUT2D eigenvalue weighted by Gasteiger charge is -2.11. The van der Waals surface area contributed by atoms with Crippen LogP contribution in [0.2, 0.25) is 5.02 Å². The van der Waals surface area contributed by atoms with Crippen LogP contribution in [0.5, 0.6) is 5.75 Å². The standard InChI is InChI=1S/C23H18ClN5O3S/c1-31-20-7-3-2-6-18(20)22-27-28-23(29(22)13-17-5-4-10-32-17)33-14-21(30)26-16-9-8-15(12-25)19(24)11-16/h2-11H,13-14H2,1H3,(H,26,30). The number of rotatable bonds is 8. The molecule has 0 unspecified atom stereocenters. The van der Waals surface area contributed by atoms with E-state index in [1.54, 1.807) is 31.6 Å². The number of carbonyl (C=O) groups excluding carboxylic acids is 1. The molecule has 0 saturated heterocycles. The SMILES string of the molecule is COc1ccccc1-c1nnc(SCC(=O)Nc2ccc(C#N)c(Cl)c2)n1Cc1ccco1. The maximum Gasteiger partial charge on any atom is 0.234 e. The van der Waals surface area contributed by atoms with Crippen LogP contribution in [0, 0.1) is 11.3 Å². The van der Waals surface area contributed by atoms with E-state index in [2.05, 4.69) is 15.5 Å². The van der Waals surface area contributed by atoms with Gasteiger partial charge in [-0.05, 0) is 42.5 Å². The van der Waals surface area contributed by atoms with Crippen molar-refractivity contribution in [1.82, 2.24) is 14.8 Å². The van der Waals surface area contributed by atoms with Crippen LogP contribution in [0.1, 0.15) is 11.3 Å². The fourth-order valence-electron chi connectivity index (χ4n) is 3.14. The average Bonchev–Trinajstić information content (AvgIpc) is 3.48. The molecular weight excluding hydrogens is 462 g/mol. The minimum absolute atomic E-state index is 0.0971. The second-order valence-corrected chi connectivity index (χ2v) is 8.16. The molecular formula is C23H18ClN5O3S. The number of nitrogens with zero attached hydrogens (tertiary/aromatic N) is 4. The molecule has 8 nitrogen and oxygen atoms in total. The summed E-state index contributed by atoms with van der Waals surface area (Å²) < 4.78 is 12.9. The van der Waals surface area contributed by atoms with Crippen LogP contribution >= 0.6 is 23.4 Å². The Labute approximate surface area is 199 Å². The summed E-state index contributed by atoms with van der Waals surface area (Å²) in [5, 5.41) is 21.3. The molecule has 2 aromatic heterocycles. The number of hydrogen-bond acceptors (Lipinski definition) is 7. The molecule has 0 bridgehead atoms. The quantitative estimate of drug-likeness (QED) is 0.360. The van der Waals surface area contributed by atoms with Crippen molar-refractivity contribution in [3.8, 4) is 23.2 Å². The topological polar surface area (TPSA) is 106 Å². The van der Waals surface area contributed by atoms with Gasteiger partial charge in [-0.1, -0.05) is 35.5 Å². The maximum atomic E-state index is 12.5. The number of para-hydroxylation sites is 1. The van der Waals surface area contributed by atoms with Gasteiger partial charge in [0.2, 0.25) is 5.91 Å². The lowest BCUT2D eigenvalue weighted by Crippen LogP contribution is -2.15. The third kappa shape index (κ3) is 5.19. The van der Waals surface area contributed by atoms with E-state index in [9.17, 15) is 4.79 Å². The van der Waals surface area contributed by atoms with Crippen molar-refractivity contribution in [2.24, 2.45) is 0 Å². The molecule has 0 radical (unpaired) electrons. The first-order chi connectivity index (χ1) is 16.1. The van der Waals surface area contributed by atoms with Gasteiger partial charge < -0.3 is 14.5 Å². The number of amides is 1. The Balaban J connectivity index is 1.55. The number of carbonyl (C=O) groups is 1. The molecule has 0 spiro atoms. The van der Waals surface area contributed by atoms with Crippen molar-refractivity contribution in [3.05, 3.63) is 77.2 Å². The second-order valence-electron chi connectivity index (χ2n) is 6.82. The molecule has 2 heterocycles. The Morgan fingerprint density at radius 1 is 1.24 bits per heavy atom. The van der Waals surface area contributed by atoms with E-state index in [0.29, 0.717) is 34.5 Å². The number of benzene rings is 2. The molecule has 0 aliphatic rings. The molecule has 0 fully saturated rings. The molecule has 4 rings (SSSR count). The molecule has 2 aromatic carbocycles. The van der Waals surface area contributed by atoms with Gasteiger partial charge in [0.25, 0.3) is 0 Å². The number of halogens is 1. The molecule has 1 N–H and O–H groups in total. The second kappa shape index (κ2) is 10.3. The zero-order chi connectivity index (χ0) is 23.2. The summed E-state index contributed by atoms with van der Waals surface area (Å²) in [7, 11) is 1.60. The summed E-state index contributed by atoms with van der Waals surface area (Å²) in [5.74, 6) is 1.85. The Morgan fingerprint density at radius 2 is 2.09 bits per heavy atom. The van der Waals surface area contributed by atoms with Gasteiger partial charge in [0.05, 0.1) is 41.8 Å². The Kier molecular flexibility index (Phi) is 6.98. The molecule has 4 aromatic rings. The Hall–Kier alpha value is -3.74. The maximum absolute atomic E-state index is 12.5. The summed E-state index contributed by atoms with van der Waals surface area (Å²) in [6.07, 6.45) is 1.60. The van der Waals surface area contributed by atoms with Crippen molar-refractivity contribution in [2.75, 3.05) is 18.2 Å². The number of methoxy groups -OCH3 is 1. The highest BCUT2D eigenvalue weighted by molar-refractivity contribution is 7.99. The third-order valence-corrected chi connectivity index (χ3v) is 5.94. The van der Waals surface area contributed by atoms with E-state index in [-0.39, 0.29) is 16.7 Å². The zero-order valence-electron chi connectivity index (χ0n) is 17.5. The highest BCUT2D eigenvalue weighted by atomic mass is 35.5. The van der Waals surface area contributed by atoms with Crippen LogP contribution in [0.25, 0.3) is 11.4 Å². The van der Waals surface area contributed by atoms with Crippen LogP contribution in [0.3, 0.4) is 0 Å². The molecule has 0 aliphatic heterocycles. The van der Waals surface area contributed by atoms with Crippen LogP contribution in [-0.2, 0) is 11.3 Å². The first-order valence-electron chi connectivity index (χ1n) is 9.80. The highest BCUT2D eigenvalue weighted by Crippen LogP contribution is 2.31. The van der Waals surface area contributed by atoms with E-state index < -0.39 is 0 Å². The fourth-order valence-corrected chi connectivity index (χ4v) is 4.10. The summed E-state index contributed by atoms with van der Waals surface area (Å²) in [4.78, 5) is 12.5. The monoisotopic (exact) mass is 479 g/mol. The normalized spacial score (nSPS) is 10.6. The van der Waals surface area contributed by atoms with Gasteiger partial charge in [-0.25, -0.2) is 0 Å². The molecule has 33 heavy (non-hydrogen) atoms. The zero-order valence-corrected chi connectivity index (χ0v) is 19.1. The van der Waals surface area contributed by atoms with Gasteiger partial charge in [-0.15, -0.1) is 10.2 Å². The van der Waals surface area contributed by atoms with Crippen LogP contribution in [-0.4, -0.2) is 33.5 Å². The van der Waals surface area contributed by atoms with Gasteiger partial charge in [0, 0.05) is 5.69 Å². The number of hydrogen-bond donors (Lipinski definition) is 1. The van der Waals surface area contributed by atoms with Crippen LogP contribution < -0.4 is 10.1 Å². The molecule has 0 aliphatic carbocycles. The summed E-state index contributed by atoms with van der Waals surface area (Å²) >= 11 is 7.29. The van der Waals surface area contributed by atoms with E-state index in [4.69, 9.17) is 26.0 Å². The van der Waals surface area contributed by atoms with Gasteiger partial charge in [-0.2, -0.15) is 5.26 Å². The number of furan rings is 1. The highest BCUT2D eigenvalue weighted by Gasteiger charge is 2.19. The average molecular weight is 480 g/mol. The number of nitrogens with one attached hydrogen (secondary N) is 1. The predicted octanol–water partition coefficient (Wildman–Crippen LogP) is 4.85. The van der Waals surface area contributed by atoms with E-state index in [1.807, 2.05) is 47.0 Å². The fraction of sp³-hybridized carbons (Fsp3) is 0.130. The van der Waals surface area contributed by atoms with Crippen molar-refractivity contribution in [1.29, 1.82) is 5.26 Å². The third-order valence-electron chi connectivity index (χ3n) is 4.66. The van der Waals surface area contributed by atoms with E-state index >= 15 is 0 Å². The number of aromatic nitrogens is 3. The predicted molar refractivity (Wildman–Crippen MR) is 125 cm³/mol. The van der Waals surface area contributed by atoms with Crippen molar-refractivity contribution in [3.63, 3.8) is 0 Å². The number of nitriles is 1. The summed E-state index contributed by atoms with van der Waals surface area (Å²) in [6.45, 7) is 0.391. The minimum Gasteiger partial charge on any atom is -0.496 e. The van der Waals surface area contributed by atoms with Crippen LogP contribution in [0.15, 0.2) is 70.4 Å². The Morgan fingerprint density at radius 3 is 2.82 bits per heavy atom. The molecule has 0 atom stereocenters. The number of thioether (sulfide) groups is 1. The van der Waals surface area contributed by atoms with E-state index in [0.717, 1.165) is 11.3 Å². The first kappa shape index (κ1) is 22.5. The van der Waals surface area contributed by atoms with Gasteiger partial charge in [-0.3, -0.25) is 9.36 Å².